The van der Waals surface area contributed by atoms with E-state index in [1.54, 1.807) is 6.92 Å². The molecule has 0 spiro atoms. The third-order valence-corrected chi connectivity index (χ3v) is 3.21. The zero-order valence-corrected chi connectivity index (χ0v) is 10.2. The number of amides is 1. The van der Waals surface area contributed by atoms with Gasteiger partial charge in [0.05, 0.1) is 12.0 Å². The Hall–Kier alpha value is -1.49. The van der Waals surface area contributed by atoms with Crippen LogP contribution in [0.25, 0.3) is 0 Å². The van der Waals surface area contributed by atoms with E-state index in [0.29, 0.717) is 6.54 Å². The number of benzene rings is 1. The van der Waals surface area contributed by atoms with Crippen molar-refractivity contribution >= 4 is 5.91 Å². The lowest BCUT2D eigenvalue weighted by atomic mass is 10.0. The molecule has 0 bridgehead atoms. The molecule has 1 saturated heterocycles. The molecular formula is C13H16F2N2O. The van der Waals surface area contributed by atoms with Gasteiger partial charge in [-0.1, -0.05) is 0 Å². The van der Waals surface area contributed by atoms with Crippen molar-refractivity contribution in [1.29, 1.82) is 0 Å². The van der Waals surface area contributed by atoms with Crippen molar-refractivity contribution in [1.82, 2.24) is 10.6 Å². The highest BCUT2D eigenvalue weighted by Gasteiger charge is 2.24. The summed E-state index contributed by atoms with van der Waals surface area (Å²) in [5.74, 6) is -1.20. The lowest BCUT2D eigenvalue weighted by Gasteiger charge is -2.17. The molecule has 1 fully saturated rings. The first-order valence-electron chi connectivity index (χ1n) is 6.04. The number of hydrogen-bond donors (Lipinski definition) is 2. The second-order valence-electron chi connectivity index (χ2n) is 4.59. The molecule has 1 aliphatic heterocycles. The van der Waals surface area contributed by atoms with Crippen LogP contribution in [0.4, 0.5) is 8.78 Å². The number of rotatable bonds is 3. The van der Waals surface area contributed by atoms with Crippen LogP contribution >= 0.6 is 0 Å². The monoisotopic (exact) mass is 254 g/mol. The normalized spacial score (nSPS) is 20.7. The van der Waals surface area contributed by atoms with Crippen molar-refractivity contribution in [2.45, 2.75) is 19.4 Å². The van der Waals surface area contributed by atoms with E-state index in [4.69, 9.17) is 0 Å². The topological polar surface area (TPSA) is 41.1 Å². The van der Waals surface area contributed by atoms with Gasteiger partial charge < -0.3 is 10.6 Å². The minimum absolute atomic E-state index is 0.0796. The fraction of sp³-hybridized carbons (Fsp3) is 0.462. The minimum atomic E-state index is -0.534. The minimum Gasteiger partial charge on any atom is -0.349 e. The fourth-order valence-corrected chi connectivity index (χ4v) is 2.13. The molecule has 1 aromatic carbocycles. The molecule has 0 saturated carbocycles. The van der Waals surface area contributed by atoms with Gasteiger partial charge in [-0.25, -0.2) is 8.78 Å². The predicted molar refractivity (Wildman–Crippen MR) is 63.9 cm³/mol. The number of hydrogen-bond acceptors (Lipinski definition) is 2. The Labute approximate surface area is 105 Å². The summed E-state index contributed by atoms with van der Waals surface area (Å²) in [6.07, 6.45) is 0.782. The molecule has 3 nitrogen and oxygen atoms in total. The summed E-state index contributed by atoms with van der Waals surface area (Å²) in [6.45, 7) is 3.11. The van der Waals surface area contributed by atoms with E-state index in [1.807, 2.05) is 0 Å². The predicted octanol–water partition coefficient (Wildman–Crippen LogP) is 1.75. The maximum absolute atomic E-state index is 13.5. The molecular weight excluding hydrogens is 238 g/mol. The van der Waals surface area contributed by atoms with Crippen LogP contribution in [0, 0.1) is 17.6 Å². The third-order valence-electron chi connectivity index (χ3n) is 3.21. The molecule has 0 aromatic heterocycles. The molecule has 2 atom stereocenters. The molecule has 2 unspecified atom stereocenters. The van der Waals surface area contributed by atoms with Crippen molar-refractivity contribution in [2.24, 2.45) is 5.92 Å². The number of halogens is 2. The van der Waals surface area contributed by atoms with Gasteiger partial charge in [-0.2, -0.15) is 0 Å². The Morgan fingerprint density at radius 2 is 2.28 bits per heavy atom. The van der Waals surface area contributed by atoms with Gasteiger partial charge in [0, 0.05) is 12.1 Å². The molecule has 1 aliphatic rings. The first-order chi connectivity index (χ1) is 8.58. The molecule has 1 aromatic rings. The van der Waals surface area contributed by atoms with Crippen molar-refractivity contribution < 1.29 is 13.6 Å². The van der Waals surface area contributed by atoms with Crippen LogP contribution in [0.5, 0.6) is 0 Å². The average molecular weight is 254 g/mol. The van der Waals surface area contributed by atoms with Gasteiger partial charge in [0.15, 0.2) is 0 Å². The standard InChI is InChI=1S/C13H16F2N2O/c1-8(11-6-10(14)2-3-12(11)15)17-13(18)9-4-5-16-7-9/h2-3,6,8-9,16H,4-5,7H2,1H3,(H,17,18). The van der Waals surface area contributed by atoms with E-state index >= 15 is 0 Å². The lowest BCUT2D eigenvalue weighted by molar-refractivity contribution is -0.125. The highest BCUT2D eigenvalue weighted by Crippen LogP contribution is 2.19. The van der Waals surface area contributed by atoms with Crippen LogP contribution in [-0.4, -0.2) is 19.0 Å². The van der Waals surface area contributed by atoms with Gasteiger partial charge in [0.1, 0.15) is 11.6 Å². The van der Waals surface area contributed by atoms with Crippen LogP contribution in [0.2, 0.25) is 0 Å². The SMILES string of the molecule is CC(NC(=O)C1CCNC1)c1cc(F)ccc1F. The van der Waals surface area contributed by atoms with Gasteiger partial charge in [0.2, 0.25) is 5.91 Å². The molecule has 0 aliphatic carbocycles. The first kappa shape index (κ1) is 13.0. The van der Waals surface area contributed by atoms with E-state index in [1.165, 1.54) is 0 Å². The van der Waals surface area contributed by atoms with Gasteiger partial charge >= 0.3 is 0 Å². The maximum Gasteiger partial charge on any atom is 0.224 e. The Morgan fingerprint density at radius 3 is 2.94 bits per heavy atom. The zero-order valence-electron chi connectivity index (χ0n) is 10.2. The van der Waals surface area contributed by atoms with Gasteiger partial charge in [0.25, 0.3) is 0 Å². The Bertz CT molecular complexity index is 445. The highest BCUT2D eigenvalue weighted by molar-refractivity contribution is 5.79. The van der Waals surface area contributed by atoms with Crippen molar-refractivity contribution in [3.63, 3.8) is 0 Å². The molecule has 98 valence electrons. The average Bonchev–Trinajstić information content (AvgIpc) is 2.85. The summed E-state index contributed by atoms with van der Waals surface area (Å²) in [4.78, 5) is 11.9. The maximum atomic E-state index is 13.5. The quantitative estimate of drug-likeness (QED) is 0.863. The molecule has 1 amide bonds. The van der Waals surface area contributed by atoms with Gasteiger partial charge in [-0.3, -0.25) is 4.79 Å². The van der Waals surface area contributed by atoms with Crippen molar-refractivity contribution in [3.05, 3.63) is 35.4 Å². The van der Waals surface area contributed by atoms with Crippen molar-refractivity contribution in [3.8, 4) is 0 Å². The number of nitrogens with one attached hydrogen (secondary N) is 2. The van der Waals surface area contributed by atoms with Crippen LogP contribution < -0.4 is 10.6 Å². The van der Waals surface area contributed by atoms with Gasteiger partial charge in [-0.05, 0) is 38.1 Å². The lowest BCUT2D eigenvalue weighted by Crippen LogP contribution is -2.34. The number of carbonyl (C=O) groups is 1. The summed E-state index contributed by atoms with van der Waals surface area (Å²) in [6, 6.07) is 2.72. The van der Waals surface area contributed by atoms with Crippen LogP contribution in [0.1, 0.15) is 24.9 Å². The number of carbonyl (C=O) groups excluding carboxylic acids is 1. The van der Waals surface area contributed by atoms with E-state index in [9.17, 15) is 13.6 Å². The summed E-state index contributed by atoms with van der Waals surface area (Å²) in [7, 11) is 0. The van der Waals surface area contributed by atoms with Crippen LogP contribution in [0.15, 0.2) is 18.2 Å². The van der Waals surface area contributed by atoms with E-state index < -0.39 is 17.7 Å². The van der Waals surface area contributed by atoms with Gasteiger partial charge in [-0.15, -0.1) is 0 Å². The molecule has 1 heterocycles. The summed E-state index contributed by atoms with van der Waals surface area (Å²) in [5, 5.41) is 5.81. The molecule has 0 radical (unpaired) electrons. The molecule has 18 heavy (non-hydrogen) atoms. The molecule has 2 rings (SSSR count). The van der Waals surface area contributed by atoms with E-state index in [-0.39, 0.29) is 17.4 Å². The van der Waals surface area contributed by atoms with E-state index in [2.05, 4.69) is 10.6 Å². The second-order valence-corrected chi connectivity index (χ2v) is 4.59. The van der Waals surface area contributed by atoms with E-state index in [0.717, 1.165) is 31.2 Å². The Kier molecular flexibility index (Phi) is 3.91. The summed E-state index contributed by atoms with van der Waals surface area (Å²) >= 11 is 0. The summed E-state index contributed by atoms with van der Waals surface area (Å²) < 4.78 is 26.6. The third kappa shape index (κ3) is 2.85. The first-order valence-corrected chi connectivity index (χ1v) is 6.04. The Morgan fingerprint density at radius 1 is 1.50 bits per heavy atom. The Balaban J connectivity index is 2.04. The smallest absolute Gasteiger partial charge is 0.224 e. The highest BCUT2D eigenvalue weighted by atomic mass is 19.1. The van der Waals surface area contributed by atoms with Crippen LogP contribution in [-0.2, 0) is 4.79 Å². The van der Waals surface area contributed by atoms with Crippen LogP contribution in [0.3, 0.4) is 0 Å². The zero-order chi connectivity index (χ0) is 13.1. The summed E-state index contributed by atoms with van der Waals surface area (Å²) in [5.41, 5.74) is 0.175. The largest absolute Gasteiger partial charge is 0.349 e. The molecule has 5 heteroatoms. The fourth-order valence-electron chi connectivity index (χ4n) is 2.13. The second kappa shape index (κ2) is 5.44. The molecule has 2 N–H and O–H groups in total. The van der Waals surface area contributed by atoms with Crippen molar-refractivity contribution in [2.75, 3.05) is 13.1 Å².